The Morgan fingerprint density at radius 3 is 2.43 bits per heavy atom. The van der Waals surface area contributed by atoms with E-state index in [1.54, 1.807) is 0 Å². The molecule has 0 N–H and O–H groups in total. The molecule has 3 rings (SSSR count). The summed E-state index contributed by atoms with van der Waals surface area (Å²) in [6, 6.07) is 0.542. The van der Waals surface area contributed by atoms with Crippen LogP contribution < -0.4 is 4.90 Å². The lowest BCUT2D eigenvalue weighted by Gasteiger charge is -2.36. The summed E-state index contributed by atoms with van der Waals surface area (Å²) in [5.41, 5.74) is 1.98. The number of carbonyl (C=O) groups excluding carboxylic acids is 1. The molecule has 0 spiro atoms. The maximum atomic E-state index is 12.5. The lowest BCUT2D eigenvalue weighted by Crippen LogP contribution is -2.49. The molecule has 0 bridgehead atoms. The van der Waals surface area contributed by atoms with E-state index in [2.05, 4.69) is 40.8 Å². The molecule has 0 aromatic carbocycles. The van der Waals surface area contributed by atoms with Gasteiger partial charge >= 0.3 is 0 Å². The van der Waals surface area contributed by atoms with Crippen LogP contribution in [-0.2, 0) is 0 Å². The number of likely N-dealkylation sites (tertiary alicyclic amines) is 1. The fourth-order valence-electron chi connectivity index (χ4n) is 3.38. The molecule has 1 aromatic rings. The highest BCUT2D eigenvalue weighted by molar-refractivity contribution is 5.91. The van der Waals surface area contributed by atoms with E-state index in [1.165, 1.54) is 0 Å². The summed E-state index contributed by atoms with van der Waals surface area (Å²) in [6.07, 6.45) is 1.13. The van der Waals surface area contributed by atoms with Gasteiger partial charge in [0.2, 0.25) is 5.82 Å². The van der Waals surface area contributed by atoms with Gasteiger partial charge in [-0.05, 0) is 40.3 Å². The Kier molecular flexibility index (Phi) is 4.27. The van der Waals surface area contributed by atoms with Crippen LogP contribution in [0.1, 0.15) is 35.2 Å². The lowest BCUT2D eigenvalue weighted by molar-refractivity contribution is 0.0517. The molecule has 2 aliphatic rings. The first-order valence-electron chi connectivity index (χ1n) is 8.42. The van der Waals surface area contributed by atoms with E-state index in [9.17, 15) is 4.79 Å². The van der Waals surface area contributed by atoms with Crippen molar-refractivity contribution in [1.29, 1.82) is 0 Å². The molecular formula is C17H27N5O. The number of carbonyl (C=O) groups is 1. The standard InChI is InChI=1S/C17H27N5O/c1-11-8-22(9-11)17(23)15-18-13(3)12(2)16(19-15)21-7-6-14(10-21)20(4)5/h11,14H,6-10H2,1-5H3/t14-/m1/s1. The fraction of sp³-hybridized carbons (Fsp3) is 0.706. The summed E-state index contributed by atoms with van der Waals surface area (Å²) in [4.78, 5) is 28.0. The monoisotopic (exact) mass is 317 g/mol. The minimum absolute atomic E-state index is 0.0317. The summed E-state index contributed by atoms with van der Waals surface area (Å²) in [6.45, 7) is 9.74. The first-order valence-corrected chi connectivity index (χ1v) is 8.42. The van der Waals surface area contributed by atoms with Crippen molar-refractivity contribution in [2.45, 2.75) is 33.2 Å². The number of rotatable bonds is 3. The van der Waals surface area contributed by atoms with Gasteiger partial charge < -0.3 is 14.7 Å². The highest BCUT2D eigenvalue weighted by Crippen LogP contribution is 2.26. The molecule has 6 nitrogen and oxygen atoms in total. The summed E-state index contributed by atoms with van der Waals surface area (Å²) in [5, 5.41) is 0. The third-order valence-corrected chi connectivity index (χ3v) is 5.10. The van der Waals surface area contributed by atoms with Crippen LogP contribution in [0.4, 0.5) is 5.82 Å². The van der Waals surface area contributed by atoms with Gasteiger partial charge in [-0.2, -0.15) is 0 Å². The van der Waals surface area contributed by atoms with Gasteiger partial charge in [0.1, 0.15) is 5.82 Å². The van der Waals surface area contributed by atoms with Crippen molar-refractivity contribution >= 4 is 11.7 Å². The topological polar surface area (TPSA) is 52.6 Å². The smallest absolute Gasteiger partial charge is 0.291 e. The largest absolute Gasteiger partial charge is 0.355 e. The molecule has 1 aromatic heterocycles. The van der Waals surface area contributed by atoms with Crippen LogP contribution in [0.5, 0.6) is 0 Å². The van der Waals surface area contributed by atoms with Gasteiger partial charge in [0, 0.05) is 43.5 Å². The lowest BCUT2D eigenvalue weighted by atomic mass is 10.0. The van der Waals surface area contributed by atoms with Gasteiger partial charge in [-0.3, -0.25) is 4.79 Å². The number of likely N-dealkylation sites (N-methyl/N-ethyl adjacent to an activating group) is 1. The Hall–Kier alpha value is -1.69. The summed E-state index contributed by atoms with van der Waals surface area (Å²) < 4.78 is 0. The van der Waals surface area contributed by atoms with Crippen LogP contribution in [0.25, 0.3) is 0 Å². The molecule has 126 valence electrons. The average molecular weight is 317 g/mol. The quantitative estimate of drug-likeness (QED) is 0.842. The minimum atomic E-state index is -0.0317. The summed E-state index contributed by atoms with van der Waals surface area (Å²) >= 11 is 0. The zero-order valence-electron chi connectivity index (χ0n) is 14.8. The molecular weight excluding hydrogens is 290 g/mol. The van der Waals surface area contributed by atoms with E-state index in [-0.39, 0.29) is 5.91 Å². The zero-order valence-corrected chi connectivity index (χ0v) is 14.8. The maximum Gasteiger partial charge on any atom is 0.291 e. The summed E-state index contributed by atoms with van der Waals surface area (Å²) in [5.74, 6) is 1.84. The van der Waals surface area contributed by atoms with E-state index in [0.717, 1.165) is 49.7 Å². The van der Waals surface area contributed by atoms with Crippen LogP contribution in [0, 0.1) is 19.8 Å². The van der Waals surface area contributed by atoms with Crippen molar-refractivity contribution in [2.24, 2.45) is 5.92 Å². The van der Waals surface area contributed by atoms with E-state index in [4.69, 9.17) is 0 Å². The van der Waals surface area contributed by atoms with Crippen molar-refractivity contribution in [3.63, 3.8) is 0 Å². The molecule has 1 amide bonds. The highest BCUT2D eigenvalue weighted by Gasteiger charge is 2.32. The van der Waals surface area contributed by atoms with Crippen LogP contribution in [0.15, 0.2) is 0 Å². The third-order valence-electron chi connectivity index (χ3n) is 5.10. The highest BCUT2D eigenvalue weighted by atomic mass is 16.2. The number of anilines is 1. The Morgan fingerprint density at radius 2 is 1.87 bits per heavy atom. The molecule has 1 atom stereocenters. The van der Waals surface area contributed by atoms with Gasteiger partial charge in [0.05, 0.1) is 0 Å². The van der Waals surface area contributed by atoms with Crippen molar-refractivity contribution in [3.05, 3.63) is 17.1 Å². The number of hydrogen-bond donors (Lipinski definition) is 0. The van der Waals surface area contributed by atoms with E-state index in [0.29, 0.717) is 17.8 Å². The first kappa shape index (κ1) is 16.2. The van der Waals surface area contributed by atoms with Crippen LogP contribution in [-0.4, -0.2) is 72.0 Å². The molecule has 0 saturated carbocycles. The Morgan fingerprint density at radius 1 is 1.17 bits per heavy atom. The average Bonchev–Trinajstić information content (AvgIpc) is 2.96. The van der Waals surface area contributed by atoms with Crippen molar-refractivity contribution < 1.29 is 4.79 Å². The number of hydrogen-bond acceptors (Lipinski definition) is 5. The number of amides is 1. The van der Waals surface area contributed by atoms with Gasteiger partial charge in [-0.15, -0.1) is 0 Å². The van der Waals surface area contributed by atoms with Gasteiger partial charge in [-0.25, -0.2) is 9.97 Å². The normalized spacial score (nSPS) is 21.9. The molecule has 6 heteroatoms. The van der Waals surface area contributed by atoms with Crippen molar-refractivity contribution in [3.8, 4) is 0 Å². The second-order valence-electron chi connectivity index (χ2n) is 7.25. The van der Waals surface area contributed by atoms with Crippen LogP contribution in [0.2, 0.25) is 0 Å². The number of aromatic nitrogens is 2. The molecule has 2 aliphatic heterocycles. The van der Waals surface area contributed by atoms with Crippen molar-refractivity contribution in [2.75, 3.05) is 45.2 Å². The fourth-order valence-corrected chi connectivity index (χ4v) is 3.38. The molecule has 3 heterocycles. The predicted molar refractivity (Wildman–Crippen MR) is 90.9 cm³/mol. The molecule has 0 radical (unpaired) electrons. The van der Waals surface area contributed by atoms with Gasteiger partial charge in [-0.1, -0.05) is 6.92 Å². The minimum Gasteiger partial charge on any atom is -0.355 e. The molecule has 2 saturated heterocycles. The zero-order chi connectivity index (χ0) is 16.7. The number of nitrogens with zero attached hydrogens (tertiary/aromatic N) is 5. The van der Waals surface area contributed by atoms with Crippen LogP contribution in [0.3, 0.4) is 0 Å². The van der Waals surface area contributed by atoms with E-state index >= 15 is 0 Å². The molecule has 2 fully saturated rings. The molecule has 0 unspecified atom stereocenters. The predicted octanol–water partition coefficient (Wildman–Crippen LogP) is 1.33. The van der Waals surface area contributed by atoms with E-state index in [1.807, 2.05) is 18.7 Å². The van der Waals surface area contributed by atoms with Gasteiger partial charge in [0.25, 0.3) is 5.91 Å². The van der Waals surface area contributed by atoms with Crippen molar-refractivity contribution in [1.82, 2.24) is 19.8 Å². The second-order valence-corrected chi connectivity index (χ2v) is 7.25. The SMILES string of the molecule is Cc1nc(C(=O)N2CC(C)C2)nc(N2CC[C@@H](N(C)C)C2)c1C. The Bertz CT molecular complexity index is 609. The number of aryl methyl sites for hydroxylation is 1. The molecule has 0 aliphatic carbocycles. The van der Waals surface area contributed by atoms with E-state index < -0.39 is 0 Å². The first-order chi connectivity index (χ1) is 10.9. The Balaban J connectivity index is 1.84. The molecule has 23 heavy (non-hydrogen) atoms. The second kappa shape index (κ2) is 6.07. The maximum absolute atomic E-state index is 12.5. The summed E-state index contributed by atoms with van der Waals surface area (Å²) in [7, 11) is 4.23. The Labute approximate surface area is 138 Å². The van der Waals surface area contributed by atoms with Crippen LogP contribution >= 0.6 is 0 Å². The van der Waals surface area contributed by atoms with Gasteiger partial charge in [0.15, 0.2) is 0 Å². The third kappa shape index (κ3) is 3.04.